The minimum absolute atomic E-state index is 0.133. The fourth-order valence-electron chi connectivity index (χ4n) is 1.30. The van der Waals surface area contributed by atoms with E-state index in [-0.39, 0.29) is 28.4 Å². The largest absolute Gasteiger partial charge is 0.480 e. The number of nitro benzene ring substituents is 2. The predicted octanol–water partition coefficient (Wildman–Crippen LogP) is 1.40. The molecule has 0 bridgehead atoms. The summed E-state index contributed by atoms with van der Waals surface area (Å²) in [4.78, 5) is 30.7. The number of carbonyl (C=O) groups is 1. The van der Waals surface area contributed by atoms with E-state index in [0.717, 1.165) is 23.9 Å². The molecule has 0 saturated carbocycles. The zero-order chi connectivity index (χ0) is 15.3. The van der Waals surface area contributed by atoms with Gasteiger partial charge >= 0.3 is 5.97 Å². The maximum atomic E-state index is 10.9. The van der Waals surface area contributed by atoms with Crippen LogP contribution >= 0.6 is 11.8 Å². The fourth-order valence-corrected chi connectivity index (χ4v) is 2.34. The number of carboxylic acid groups (broad SMARTS) is 1. The van der Waals surface area contributed by atoms with Gasteiger partial charge in [0.2, 0.25) is 0 Å². The highest BCUT2D eigenvalue weighted by atomic mass is 32.2. The third kappa shape index (κ3) is 4.17. The Labute approximate surface area is 117 Å². The molecule has 0 heterocycles. The molecule has 1 atom stereocenters. The van der Waals surface area contributed by atoms with Gasteiger partial charge in [-0.3, -0.25) is 25.0 Å². The van der Waals surface area contributed by atoms with Crippen LogP contribution in [0.2, 0.25) is 0 Å². The quantitative estimate of drug-likeness (QED) is 0.435. The predicted molar refractivity (Wildman–Crippen MR) is 70.7 cm³/mol. The van der Waals surface area contributed by atoms with Crippen LogP contribution < -0.4 is 5.73 Å². The Hall–Kier alpha value is -2.20. The number of carboxylic acids is 1. The summed E-state index contributed by atoms with van der Waals surface area (Å²) in [6, 6.07) is 2.26. The highest BCUT2D eigenvalue weighted by Crippen LogP contribution is 2.32. The number of hydrogen-bond donors (Lipinski definition) is 2. The first-order chi connectivity index (χ1) is 9.32. The summed E-state index contributed by atoms with van der Waals surface area (Å²) >= 11 is 1.03. The highest BCUT2D eigenvalue weighted by molar-refractivity contribution is 7.99. The van der Waals surface area contributed by atoms with Crippen molar-refractivity contribution >= 4 is 29.1 Å². The summed E-state index contributed by atoms with van der Waals surface area (Å²) in [5.74, 6) is -0.893. The van der Waals surface area contributed by atoms with Gasteiger partial charge in [0.15, 0.2) is 0 Å². The topological polar surface area (TPSA) is 150 Å². The van der Waals surface area contributed by atoms with Gasteiger partial charge in [0.25, 0.3) is 11.4 Å². The third-order valence-electron chi connectivity index (χ3n) is 2.35. The Kier molecular flexibility index (Phi) is 5.41. The molecule has 9 nitrogen and oxygen atoms in total. The average Bonchev–Trinajstić information content (AvgIpc) is 2.38. The maximum absolute atomic E-state index is 10.9. The summed E-state index contributed by atoms with van der Waals surface area (Å²) in [6.07, 6.45) is 0.133. The molecule has 20 heavy (non-hydrogen) atoms. The second-order valence-electron chi connectivity index (χ2n) is 3.75. The average molecular weight is 301 g/mol. The number of hydrogen-bond acceptors (Lipinski definition) is 7. The Morgan fingerprint density at radius 1 is 1.35 bits per heavy atom. The molecule has 0 spiro atoms. The molecule has 108 valence electrons. The Bertz CT molecular complexity index is 550. The van der Waals surface area contributed by atoms with Crippen LogP contribution in [0.3, 0.4) is 0 Å². The molecule has 0 amide bonds. The third-order valence-corrected chi connectivity index (χ3v) is 3.45. The zero-order valence-electron chi connectivity index (χ0n) is 10.1. The molecule has 3 N–H and O–H groups in total. The number of benzene rings is 1. The van der Waals surface area contributed by atoms with Crippen LogP contribution in [0.4, 0.5) is 11.4 Å². The lowest BCUT2D eigenvalue weighted by Gasteiger charge is -2.06. The number of nitrogens with two attached hydrogens (primary N) is 1. The Balaban J connectivity index is 2.82. The first-order valence-corrected chi connectivity index (χ1v) is 6.35. The number of rotatable bonds is 7. The Morgan fingerprint density at radius 2 is 2.00 bits per heavy atom. The van der Waals surface area contributed by atoms with E-state index in [1.54, 1.807) is 0 Å². The lowest BCUT2D eigenvalue weighted by atomic mass is 10.2. The fraction of sp³-hybridized carbons (Fsp3) is 0.300. The van der Waals surface area contributed by atoms with Crippen molar-refractivity contribution in [2.24, 2.45) is 5.73 Å². The highest BCUT2D eigenvalue weighted by Gasteiger charge is 2.20. The zero-order valence-corrected chi connectivity index (χ0v) is 10.9. The van der Waals surface area contributed by atoms with Crippen LogP contribution in [0.1, 0.15) is 6.42 Å². The minimum Gasteiger partial charge on any atom is -0.480 e. The van der Waals surface area contributed by atoms with Gasteiger partial charge in [-0.15, -0.1) is 11.8 Å². The van der Waals surface area contributed by atoms with Gasteiger partial charge in [-0.05, 0) is 12.5 Å². The molecular weight excluding hydrogens is 290 g/mol. The van der Waals surface area contributed by atoms with Crippen molar-refractivity contribution in [2.45, 2.75) is 17.4 Å². The molecule has 0 aliphatic carbocycles. The molecule has 1 rings (SSSR count). The van der Waals surface area contributed by atoms with Gasteiger partial charge in [-0.2, -0.15) is 0 Å². The molecule has 1 aromatic rings. The first kappa shape index (κ1) is 15.9. The van der Waals surface area contributed by atoms with Gasteiger partial charge in [0, 0.05) is 11.8 Å². The van der Waals surface area contributed by atoms with Crippen molar-refractivity contribution < 1.29 is 19.7 Å². The summed E-state index contributed by atoms with van der Waals surface area (Å²) in [5.41, 5.74) is 4.55. The van der Waals surface area contributed by atoms with E-state index in [1.807, 2.05) is 0 Å². The van der Waals surface area contributed by atoms with E-state index in [4.69, 9.17) is 10.8 Å². The van der Waals surface area contributed by atoms with Gasteiger partial charge in [0.1, 0.15) is 6.04 Å². The summed E-state index contributed by atoms with van der Waals surface area (Å²) < 4.78 is 0. The van der Waals surface area contributed by atoms with Gasteiger partial charge in [-0.25, -0.2) is 0 Å². The van der Waals surface area contributed by atoms with Crippen molar-refractivity contribution in [3.8, 4) is 0 Å². The smallest absolute Gasteiger partial charge is 0.320 e. The lowest BCUT2D eigenvalue weighted by Crippen LogP contribution is -2.30. The van der Waals surface area contributed by atoms with Crippen molar-refractivity contribution in [2.75, 3.05) is 5.75 Å². The molecule has 1 unspecified atom stereocenters. The number of thioether (sulfide) groups is 1. The van der Waals surface area contributed by atoms with E-state index in [2.05, 4.69) is 0 Å². The molecule has 1 aromatic carbocycles. The molecule has 0 aliphatic rings. The summed E-state index contributed by atoms with van der Waals surface area (Å²) in [5, 5.41) is 30.0. The minimum atomic E-state index is -1.15. The lowest BCUT2D eigenvalue weighted by molar-refractivity contribution is -0.396. The number of aliphatic carboxylic acids is 1. The van der Waals surface area contributed by atoms with E-state index in [0.29, 0.717) is 0 Å². The standard InChI is InChI=1S/C10H11N3O6S/c11-7(10(14)15)3-4-20-9-2-1-6(12(16)17)5-8(9)13(18)19/h1-2,5,7H,3-4,11H2,(H,14,15). The van der Waals surface area contributed by atoms with Gasteiger partial charge in [-0.1, -0.05) is 0 Å². The van der Waals surface area contributed by atoms with Crippen LogP contribution in [0.15, 0.2) is 23.1 Å². The van der Waals surface area contributed by atoms with Crippen molar-refractivity contribution in [1.29, 1.82) is 0 Å². The van der Waals surface area contributed by atoms with Crippen LogP contribution in [0.5, 0.6) is 0 Å². The molecule has 0 aliphatic heterocycles. The SMILES string of the molecule is NC(CCSc1ccc([N+](=O)[O-])cc1[N+](=O)[O-])C(=O)O. The monoisotopic (exact) mass is 301 g/mol. The first-order valence-electron chi connectivity index (χ1n) is 5.37. The Morgan fingerprint density at radius 3 is 2.50 bits per heavy atom. The van der Waals surface area contributed by atoms with Crippen molar-refractivity contribution in [3.63, 3.8) is 0 Å². The molecule has 10 heteroatoms. The summed E-state index contributed by atoms with van der Waals surface area (Å²) in [7, 11) is 0. The second-order valence-corrected chi connectivity index (χ2v) is 4.88. The normalized spacial score (nSPS) is 11.8. The number of nitro groups is 2. The summed E-state index contributed by atoms with van der Waals surface area (Å²) in [6.45, 7) is 0. The van der Waals surface area contributed by atoms with Gasteiger partial charge < -0.3 is 10.8 Å². The van der Waals surface area contributed by atoms with E-state index >= 15 is 0 Å². The number of nitrogens with zero attached hydrogens (tertiary/aromatic N) is 2. The molecule has 0 aromatic heterocycles. The maximum Gasteiger partial charge on any atom is 0.320 e. The van der Waals surface area contributed by atoms with E-state index < -0.39 is 21.9 Å². The molecule has 0 fully saturated rings. The molecule has 0 radical (unpaired) electrons. The number of non-ortho nitro benzene ring substituents is 1. The second kappa shape index (κ2) is 6.82. The van der Waals surface area contributed by atoms with Crippen LogP contribution in [0, 0.1) is 20.2 Å². The van der Waals surface area contributed by atoms with E-state index in [1.165, 1.54) is 6.07 Å². The van der Waals surface area contributed by atoms with Crippen LogP contribution in [-0.4, -0.2) is 32.7 Å². The van der Waals surface area contributed by atoms with Crippen molar-refractivity contribution in [3.05, 3.63) is 38.4 Å². The van der Waals surface area contributed by atoms with Crippen molar-refractivity contribution in [1.82, 2.24) is 0 Å². The van der Waals surface area contributed by atoms with E-state index in [9.17, 15) is 25.0 Å². The van der Waals surface area contributed by atoms with Gasteiger partial charge in [0.05, 0.1) is 20.8 Å². The molecule has 0 saturated heterocycles. The van der Waals surface area contributed by atoms with Crippen LogP contribution in [-0.2, 0) is 4.79 Å². The molecular formula is C10H11N3O6S. The van der Waals surface area contributed by atoms with Crippen LogP contribution in [0.25, 0.3) is 0 Å².